The number of hydrogen-bond acceptors (Lipinski definition) is 7. The largest absolute Gasteiger partial charge is 0.416 e. The molecule has 0 bridgehead atoms. The molecular formula is C17H19F3N4O3S3. The van der Waals surface area contributed by atoms with Gasteiger partial charge in [-0.05, 0) is 30.5 Å². The summed E-state index contributed by atoms with van der Waals surface area (Å²) in [6.45, 7) is 0.614. The van der Waals surface area contributed by atoms with E-state index in [9.17, 15) is 26.4 Å². The smallest absolute Gasteiger partial charge is 0.300 e. The standard InChI is InChI=1S/C17H19F3N4O3S3/c1-30(26,27)24-8-6-12(7-9-24)14(25)21-15-22-23-16(29-15)28-10-11-2-4-13(5-3-11)17(18,19)20/h2-5,12H,6-10H2,1H3,(H,21,22,25). The Morgan fingerprint density at radius 3 is 2.43 bits per heavy atom. The molecule has 3 rings (SSSR count). The van der Waals surface area contributed by atoms with Gasteiger partial charge in [0.15, 0.2) is 4.34 Å². The second-order valence-corrected chi connectivity index (χ2v) is 11.0. The summed E-state index contributed by atoms with van der Waals surface area (Å²) in [6, 6.07) is 4.91. The average molecular weight is 481 g/mol. The van der Waals surface area contributed by atoms with Crippen molar-refractivity contribution in [2.75, 3.05) is 24.7 Å². The first-order valence-corrected chi connectivity index (χ1v) is 12.6. The lowest BCUT2D eigenvalue weighted by Crippen LogP contribution is -2.40. The molecule has 0 saturated carbocycles. The van der Waals surface area contributed by atoms with Gasteiger partial charge >= 0.3 is 6.18 Å². The van der Waals surface area contributed by atoms with Crippen molar-refractivity contribution in [3.8, 4) is 0 Å². The fraction of sp³-hybridized carbons (Fsp3) is 0.471. The second kappa shape index (κ2) is 9.20. The van der Waals surface area contributed by atoms with Crippen molar-refractivity contribution in [3.63, 3.8) is 0 Å². The summed E-state index contributed by atoms with van der Waals surface area (Å²) >= 11 is 2.49. The zero-order valence-corrected chi connectivity index (χ0v) is 18.3. The van der Waals surface area contributed by atoms with E-state index >= 15 is 0 Å². The molecule has 2 aromatic rings. The molecule has 0 aliphatic carbocycles. The number of piperidine rings is 1. The number of hydrogen-bond donors (Lipinski definition) is 1. The number of alkyl halides is 3. The van der Waals surface area contributed by atoms with Crippen LogP contribution in [-0.4, -0.2) is 48.2 Å². The lowest BCUT2D eigenvalue weighted by molar-refractivity contribution is -0.137. The molecule has 1 N–H and O–H groups in total. The van der Waals surface area contributed by atoms with E-state index in [0.29, 0.717) is 46.7 Å². The van der Waals surface area contributed by atoms with Crippen LogP contribution >= 0.6 is 23.1 Å². The van der Waals surface area contributed by atoms with Gasteiger partial charge in [0, 0.05) is 24.8 Å². The Morgan fingerprint density at radius 1 is 1.23 bits per heavy atom. The first-order chi connectivity index (χ1) is 14.0. The molecule has 1 aromatic heterocycles. The van der Waals surface area contributed by atoms with Crippen LogP contribution in [0.4, 0.5) is 18.3 Å². The highest BCUT2D eigenvalue weighted by atomic mass is 32.2. The van der Waals surface area contributed by atoms with E-state index in [0.717, 1.165) is 18.4 Å². The van der Waals surface area contributed by atoms with Gasteiger partial charge in [0.2, 0.25) is 21.1 Å². The van der Waals surface area contributed by atoms with E-state index in [1.165, 1.54) is 39.5 Å². The summed E-state index contributed by atoms with van der Waals surface area (Å²) in [5.41, 5.74) is 0.0194. The minimum Gasteiger partial charge on any atom is -0.300 e. The zero-order valence-electron chi connectivity index (χ0n) is 15.8. The van der Waals surface area contributed by atoms with E-state index < -0.39 is 21.8 Å². The van der Waals surface area contributed by atoms with Gasteiger partial charge in [0.05, 0.1) is 11.8 Å². The maximum absolute atomic E-state index is 12.6. The Morgan fingerprint density at radius 2 is 1.87 bits per heavy atom. The van der Waals surface area contributed by atoms with Crippen LogP contribution in [0.3, 0.4) is 0 Å². The number of amides is 1. The molecule has 1 amide bonds. The second-order valence-electron chi connectivity index (χ2n) is 6.78. The summed E-state index contributed by atoms with van der Waals surface area (Å²) in [5, 5.41) is 10.9. The van der Waals surface area contributed by atoms with Gasteiger partial charge in [0.1, 0.15) is 0 Å². The van der Waals surface area contributed by atoms with Crippen LogP contribution in [0.2, 0.25) is 0 Å². The molecule has 13 heteroatoms. The molecule has 7 nitrogen and oxygen atoms in total. The zero-order chi connectivity index (χ0) is 21.9. The molecule has 164 valence electrons. The minimum atomic E-state index is -4.36. The number of anilines is 1. The van der Waals surface area contributed by atoms with Crippen LogP contribution in [0, 0.1) is 5.92 Å². The highest BCUT2D eigenvalue weighted by Gasteiger charge is 2.30. The van der Waals surface area contributed by atoms with Gasteiger partial charge in [-0.1, -0.05) is 35.2 Å². The van der Waals surface area contributed by atoms with Crippen LogP contribution in [0.1, 0.15) is 24.0 Å². The number of benzene rings is 1. The van der Waals surface area contributed by atoms with Gasteiger partial charge in [-0.15, -0.1) is 10.2 Å². The Bertz CT molecular complexity index is 986. The van der Waals surface area contributed by atoms with E-state index in [2.05, 4.69) is 15.5 Å². The van der Waals surface area contributed by atoms with E-state index in [4.69, 9.17) is 0 Å². The van der Waals surface area contributed by atoms with Gasteiger partial charge < -0.3 is 5.32 Å². The number of nitrogens with one attached hydrogen (secondary N) is 1. The van der Waals surface area contributed by atoms with Crippen molar-refractivity contribution in [1.29, 1.82) is 0 Å². The fourth-order valence-corrected chi connectivity index (χ4v) is 5.50. The predicted octanol–water partition coefficient (Wildman–Crippen LogP) is 3.46. The first kappa shape index (κ1) is 23.0. The normalized spacial score (nSPS) is 16.5. The monoisotopic (exact) mass is 480 g/mol. The van der Waals surface area contributed by atoms with Gasteiger partial charge in [0.25, 0.3) is 0 Å². The first-order valence-electron chi connectivity index (χ1n) is 8.91. The molecule has 2 heterocycles. The molecule has 0 unspecified atom stereocenters. The molecule has 1 fully saturated rings. The van der Waals surface area contributed by atoms with Crippen LogP contribution in [0.15, 0.2) is 28.6 Å². The van der Waals surface area contributed by atoms with Crippen molar-refractivity contribution in [2.24, 2.45) is 5.92 Å². The molecule has 30 heavy (non-hydrogen) atoms. The molecule has 1 saturated heterocycles. The number of thioether (sulfide) groups is 1. The van der Waals surface area contributed by atoms with Gasteiger partial charge in [-0.25, -0.2) is 12.7 Å². The number of aromatic nitrogens is 2. The fourth-order valence-electron chi connectivity index (χ4n) is 2.91. The third-order valence-corrected chi connectivity index (χ3v) is 7.92. The number of nitrogens with zero attached hydrogens (tertiary/aromatic N) is 3. The maximum Gasteiger partial charge on any atom is 0.416 e. The number of carbonyl (C=O) groups excluding carboxylic acids is 1. The van der Waals surface area contributed by atoms with Crippen LogP contribution in [-0.2, 0) is 26.7 Å². The van der Waals surface area contributed by atoms with Crippen LogP contribution in [0.25, 0.3) is 0 Å². The molecule has 0 radical (unpaired) electrons. The van der Waals surface area contributed by atoms with E-state index in [-0.39, 0.29) is 11.8 Å². The highest BCUT2D eigenvalue weighted by molar-refractivity contribution is 8.00. The maximum atomic E-state index is 12.6. The van der Waals surface area contributed by atoms with Crippen LogP contribution in [0.5, 0.6) is 0 Å². The minimum absolute atomic E-state index is 0.224. The SMILES string of the molecule is CS(=O)(=O)N1CCC(C(=O)Nc2nnc(SCc3ccc(C(F)(F)F)cc3)s2)CC1. The van der Waals surface area contributed by atoms with Crippen molar-refractivity contribution < 1.29 is 26.4 Å². The Balaban J connectivity index is 1.49. The molecule has 0 spiro atoms. The number of carbonyl (C=O) groups is 1. The molecule has 1 aromatic carbocycles. The summed E-state index contributed by atoms with van der Waals surface area (Å²) in [4.78, 5) is 12.4. The lowest BCUT2D eigenvalue weighted by atomic mass is 9.97. The van der Waals surface area contributed by atoms with Gasteiger partial charge in [-0.2, -0.15) is 13.2 Å². The average Bonchev–Trinajstić information content (AvgIpc) is 3.13. The highest BCUT2D eigenvalue weighted by Crippen LogP contribution is 2.32. The van der Waals surface area contributed by atoms with Crippen molar-refractivity contribution in [1.82, 2.24) is 14.5 Å². The summed E-state index contributed by atoms with van der Waals surface area (Å²) < 4.78 is 62.8. The lowest BCUT2D eigenvalue weighted by Gasteiger charge is -2.29. The molecule has 1 aliphatic heterocycles. The van der Waals surface area contributed by atoms with Crippen molar-refractivity contribution in [3.05, 3.63) is 35.4 Å². The number of halogens is 3. The molecule has 0 atom stereocenters. The van der Waals surface area contributed by atoms with Gasteiger partial charge in [-0.3, -0.25) is 4.79 Å². The Hall–Kier alpha value is -1.70. The molecule has 1 aliphatic rings. The van der Waals surface area contributed by atoms with Crippen LogP contribution < -0.4 is 5.32 Å². The number of sulfonamides is 1. The quantitative estimate of drug-likeness (QED) is 0.503. The third-order valence-electron chi connectivity index (χ3n) is 4.57. The van der Waals surface area contributed by atoms with Crippen molar-refractivity contribution >= 4 is 44.2 Å². The Labute approximate surface area is 180 Å². The third kappa shape index (κ3) is 6.15. The van der Waals surface area contributed by atoms with E-state index in [1.54, 1.807) is 0 Å². The predicted molar refractivity (Wildman–Crippen MR) is 109 cm³/mol. The summed E-state index contributed by atoms with van der Waals surface area (Å²) in [6.07, 6.45) is -2.33. The summed E-state index contributed by atoms with van der Waals surface area (Å²) in [5.74, 6) is -0.0984. The van der Waals surface area contributed by atoms with Crippen molar-refractivity contribution in [2.45, 2.75) is 29.1 Å². The topological polar surface area (TPSA) is 92.3 Å². The number of rotatable bonds is 6. The van der Waals surface area contributed by atoms with E-state index in [1.807, 2.05) is 0 Å². The Kier molecular flexibility index (Phi) is 7.05. The summed E-state index contributed by atoms with van der Waals surface area (Å²) in [7, 11) is -3.25. The molecular weight excluding hydrogens is 461 g/mol.